The zero-order valence-corrected chi connectivity index (χ0v) is 16.4. The second-order valence-electron chi connectivity index (χ2n) is 7.18. The largest absolute Gasteiger partial charge is 0.357 e. The summed E-state index contributed by atoms with van der Waals surface area (Å²) in [7, 11) is -3.68. The van der Waals surface area contributed by atoms with Crippen molar-refractivity contribution in [3.05, 3.63) is 72.1 Å². The third-order valence-electron chi connectivity index (χ3n) is 5.68. The number of aromatic amines is 1. The molecule has 1 atom stereocenters. The minimum Gasteiger partial charge on any atom is -0.357 e. The van der Waals surface area contributed by atoms with Crippen LogP contribution in [-0.4, -0.2) is 29.2 Å². The van der Waals surface area contributed by atoms with Gasteiger partial charge in [-0.15, -0.1) is 0 Å². The summed E-state index contributed by atoms with van der Waals surface area (Å²) in [5.74, 6) is 0. The van der Waals surface area contributed by atoms with Crippen LogP contribution in [0.3, 0.4) is 0 Å². The molecule has 4 aromatic rings. The van der Waals surface area contributed by atoms with E-state index in [4.69, 9.17) is 0 Å². The summed E-state index contributed by atoms with van der Waals surface area (Å²) >= 11 is 0. The van der Waals surface area contributed by atoms with E-state index in [2.05, 4.69) is 16.0 Å². The van der Waals surface area contributed by atoms with Crippen LogP contribution >= 0.6 is 0 Å². The minimum absolute atomic E-state index is 0.208. The van der Waals surface area contributed by atoms with Crippen molar-refractivity contribution >= 4 is 31.8 Å². The molecule has 0 spiro atoms. The standard InChI is InChI=1S/C22H21N3O2S/c1-2-19-22-17(16-9-3-4-10-18(16)24-22)12-14-25(19)28(26,27)20-11-5-7-15-8-6-13-23-21(15)20/h3-11,13,19,24H,2,12,14H2,1H3. The summed E-state index contributed by atoms with van der Waals surface area (Å²) in [5.41, 5.74) is 3.86. The fraction of sp³-hybridized carbons (Fsp3) is 0.227. The molecule has 0 radical (unpaired) electrons. The molecule has 1 N–H and O–H groups in total. The Kier molecular flexibility index (Phi) is 4.00. The van der Waals surface area contributed by atoms with E-state index in [0.29, 0.717) is 24.9 Å². The van der Waals surface area contributed by atoms with Gasteiger partial charge in [0, 0.05) is 34.7 Å². The smallest absolute Gasteiger partial charge is 0.245 e. The molecule has 1 aliphatic heterocycles. The lowest BCUT2D eigenvalue weighted by Gasteiger charge is -2.34. The number of rotatable bonds is 3. The molecule has 2 aromatic carbocycles. The summed E-state index contributed by atoms with van der Waals surface area (Å²) < 4.78 is 29.0. The first kappa shape index (κ1) is 17.4. The normalized spacial score (nSPS) is 17.8. The first-order chi connectivity index (χ1) is 13.6. The number of hydrogen-bond acceptors (Lipinski definition) is 3. The number of benzene rings is 2. The number of fused-ring (bicyclic) bond motifs is 4. The number of nitrogens with one attached hydrogen (secondary N) is 1. The fourth-order valence-corrected chi connectivity index (χ4v) is 6.24. The summed E-state index contributed by atoms with van der Waals surface area (Å²) in [6.45, 7) is 2.51. The van der Waals surface area contributed by atoms with Crippen LogP contribution in [0.4, 0.5) is 0 Å². The lowest BCUT2D eigenvalue weighted by atomic mass is 9.98. The summed E-state index contributed by atoms with van der Waals surface area (Å²) in [6, 6.07) is 17.0. The number of H-pyrrole nitrogens is 1. The van der Waals surface area contributed by atoms with Crippen LogP contribution < -0.4 is 0 Å². The molecule has 0 saturated heterocycles. The molecule has 1 unspecified atom stereocenters. The molecule has 6 heteroatoms. The number of hydrogen-bond donors (Lipinski definition) is 1. The molecule has 5 nitrogen and oxygen atoms in total. The maximum atomic E-state index is 13.7. The molecule has 1 aliphatic rings. The highest BCUT2D eigenvalue weighted by Gasteiger charge is 2.38. The SMILES string of the molecule is CCC1c2[nH]c3ccccc3c2CCN1S(=O)(=O)c1cccc2cccnc12. The summed E-state index contributed by atoms with van der Waals surface area (Å²) in [4.78, 5) is 8.13. The number of nitrogens with zero attached hydrogens (tertiary/aromatic N) is 2. The number of para-hydroxylation sites is 2. The molecule has 2 aromatic heterocycles. The van der Waals surface area contributed by atoms with Gasteiger partial charge in [0.2, 0.25) is 10.0 Å². The molecule has 0 saturated carbocycles. The highest BCUT2D eigenvalue weighted by atomic mass is 32.2. The van der Waals surface area contributed by atoms with Gasteiger partial charge in [-0.2, -0.15) is 4.31 Å². The lowest BCUT2D eigenvalue weighted by molar-refractivity contribution is 0.297. The Morgan fingerprint density at radius 2 is 1.93 bits per heavy atom. The van der Waals surface area contributed by atoms with Crippen LogP contribution in [0.5, 0.6) is 0 Å². The summed E-state index contributed by atoms with van der Waals surface area (Å²) in [5, 5.41) is 2.03. The maximum Gasteiger partial charge on any atom is 0.245 e. The Hall–Kier alpha value is -2.70. The summed E-state index contributed by atoms with van der Waals surface area (Å²) in [6.07, 6.45) is 3.05. The average Bonchev–Trinajstić information content (AvgIpc) is 3.11. The third-order valence-corrected chi connectivity index (χ3v) is 7.62. The van der Waals surface area contributed by atoms with E-state index in [1.807, 2.05) is 43.3 Å². The monoisotopic (exact) mass is 391 g/mol. The Morgan fingerprint density at radius 3 is 2.79 bits per heavy atom. The third kappa shape index (κ3) is 2.48. The van der Waals surface area contributed by atoms with Crippen molar-refractivity contribution in [1.29, 1.82) is 0 Å². The highest BCUT2D eigenvalue weighted by Crippen LogP contribution is 2.39. The van der Waals surface area contributed by atoms with Gasteiger partial charge in [-0.25, -0.2) is 8.42 Å². The van der Waals surface area contributed by atoms with Crippen LogP contribution in [0.1, 0.15) is 30.6 Å². The van der Waals surface area contributed by atoms with E-state index in [0.717, 1.165) is 16.6 Å². The molecule has 0 fully saturated rings. The van der Waals surface area contributed by atoms with Gasteiger partial charge in [-0.1, -0.05) is 43.3 Å². The molecule has 142 valence electrons. The zero-order valence-electron chi connectivity index (χ0n) is 15.6. The first-order valence-electron chi connectivity index (χ1n) is 9.56. The predicted octanol–water partition coefficient (Wildman–Crippen LogP) is 4.41. The Labute approximate surface area is 164 Å². The van der Waals surface area contributed by atoms with Crippen molar-refractivity contribution < 1.29 is 8.42 Å². The van der Waals surface area contributed by atoms with Crippen molar-refractivity contribution in [2.45, 2.75) is 30.7 Å². The van der Waals surface area contributed by atoms with Crippen molar-refractivity contribution in [3.8, 4) is 0 Å². The molecule has 28 heavy (non-hydrogen) atoms. The van der Waals surface area contributed by atoms with Crippen molar-refractivity contribution in [1.82, 2.24) is 14.3 Å². The van der Waals surface area contributed by atoms with Crippen LogP contribution in [-0.2, 0) is 16.4 Å². The van der Waals surface area contributed by atoms with E-state index in [-0.39, 0.29) is 10.9 Å². The van der Waals surface area contributed by atoms with Crippen molar-refractivity contribution in [3.63, 3.8) is 0 Å². The van der Waals surface area contributed by atoms with Gasteiger partial charge in [-0.05, 0) is 36.6 Å². The van der Waals surface area contributed by atoms with E-state index in [1.54, 1.807) is 22.6 Å². The molecule has 5 rings (SSSR count). The second-order valence-corrected chi connectivity index (χ2v) is 9.04. The number of pyridine rings is 1. The molecular weight excluding hydrogens is 370 g/mol. The Balaban J connectivity index is 1.66. The van der Waals surface area contributed by atoms with Crippen LogP contribution in [0, 0.1) is 0 Å². The van der Waals surface area contributed by atoms with Gasteiger partial charge in [0.15, 0.2) is 0 Å². The van der Waals surface area contributed by atoms with E-state index in [1.165, 1.54) is 10.9 Å². The van der Waals surface area contributed by atoms with Gasteiger partial charge < -0.3 is 4.98 Å². The van der Waals surface area contributed by atoms with E-state index in [9.17, 15) is 8.42 Å². The van der Waals surface area contributed by atoms with E-state index >= 15 is 0 Å². The first-order valence-corrected chi connectivity index (χ1v) is 11.0. The molecule has 0 amide bonds. The van der Waals surface area contributed by atoms with Crippen molar-refractivity contribution in [2.24, 2.45) is 0 Å². The predicted molar refractivity (Wildman–Crippen MR) is 111 cm³/mol. The average molecular weight is 391 g/mol. The Morgan fingerprint density at radius 1 is 1.11 bits per heavy atom. The van der Waals surface area contributed by atoms with Gasteiger partial charge in [0.1, 0.15) is 4.90 Å². The second kappa shape index (κ2) is 6.43. The lowest BCUT2D eigenvalue weighted by Crippen LogP contribution is -2.39. The molecule has 0 aliphatic carbocycles. The van der Waals surface area contributed by atoms with E-state index < -0.39 is 10.0 Å². The van der Waals surface area contributed by atoms with Crippen LogP contribution in [0.15, 0.2) is 65.7 Å². The molecule has 0 bridgehead atoms. The van der Waals surface area contributed by atoms with Crippen LogP contribution in [0.25, 0.3) is 21.8 Å². The van der Waals surface area contributed by atoms with Crippen molar-refractivity contribution in [2.75, 3.05) is 6.54 Å². The van der Waals surface area contributed by atoms with Crippen LogP contribution in [0.2, 0.25) is 0 Å². The van der Waals surface area contributed by atoms with Gasteiger partial charge >= 0.3 is 0 Å². The highest BCUT2D eigenvalue weighted by molar-refractivity contribution is 7.89. The van der Waals surface area contributed by atoms with Gasteiger partial charge in [0.05, 0.1) is 11.6 Å². The maximum absolute atomic E-state index is 13.7. The molecule has 3 heterocycles. The quantitative estimate of drug-likeness (QED) is 0.562. The number of sulfonamides is 1. The van der Waals surface area contributed by atoms with Gasteiger partial charge in [-0.3, -0.25) is 4.98 Å². The minimum atomic E-state index is -3.68. The van der Waals surface area contributed by atoms with Gasteiger partial charge in [0.25, 0.3) is 0 Å². The Bertz CT molecular complexity index is 1290. The topological polar surface area (TPSA) is 66.1 Å². The number of aromatic nitrogens is 2. The molecular formula is C22H21N3O2S. The zero-order chi connectivity index (χ0) is 19.3. The fourth-order valence-electron chi connectivity index (χ4n) is 4.40.